The molecule has 21 heavy (non-hydrogen) atoms. The molecule has 1 amide bonds. The van der Waals surface area contributed by atoms with Crippen molar-refractivity contribution in [3.05, 3.63) is 28.2 Å². The van der Waals surface area contributed by atoms with Crippen molar-refractivity contribution in [1.29, 1.82) is 0 Å². The Balaban J connectivity index is 2.89. The summed E-state index contributed by atoms with van der Waals surface area (Å²) in [5.74, 6) is 0.685. The van der Waals surface area contributed by atoms with Gasteiger partial charge in [-0.2, -0.15) is 0 Å². The van der Waals surface area contributed by atoms with Crippen LogP contribution in [0.4, 0.5) is 0 Å². The first-order valence-electron chi connectivity index (χ1n) is 7.01. The Morgan fingerprint density at radius 1 is 1.38 bits per heavy atom. The van der Waals surface area contributed by atoms with E-state index in [4.69, 9.17) is 4.74 Å². The van der Waals surface area contributed by atoms with Gasteiger partial charge in [-0.25, -0.2) is 0 Å². The maximum Gasteiger partial charge on any atom is 0.262 e. The molecule has 1 N–H and O–H groups in total. The van der Waals surface area contributed by atoms with Crippen molar-refractivity contribution in [1.82, 2.24) is 10.2 Å². The SMILES string of the molecule is CC(Oc1ccc(Br)cc1CNC(C)(C)C)C(=O)N(C)C. The summed E-state index contributed by atoms with van der Waals surface area (Å²) < 4.78 is 6.83. The van der Waals surface area contributed by atoms with E-state index in [1.165, 1.54) is 4.90 Å². The average molecular weight is 357 g/mol. The first kappa shape index (κ1) is 18.0. The molecule has 118 valence electrons. The van der Waals surface area contributed by atoms with Crippen molar-refractivity contribution in [2.75, 3.05) is 14.1 Å². The van der Waals surface area contributed by atoms with Gasteiger partial charge in [-0.3, -0.25) is 4.79 Å². The summed E-state index contributed by atoms with van der Waals surface area (Å²) in [7, 11) is 3.46. The summed E-state index contributed by atoms with van der Waals surface area (Å²) in [6.07, 6.45) is -0.505. The predicted molar refractivity (Wildman–Crippen MR) is 89.5 cm³/mol. The summed E-state index contributed by atoms with van der Waals surface area (Å²) in [6.45, 7) is 8.80. The monoisotopic (exact) mass is 356 g/mol. The number of halogens is 1. The molecule has 1 aromatic carbocycles. The Morgan fingerprint density at radius 3 is 2.52 bits per heavy atom. The van der Waals surface area contributed by atoms with Gasteiger partial charge in [-0.1, -0.05) is 15.9 Å². The summed E-state index contributed by atoms with van der Waals surface area (Å²) in [4.78, 5) is 13.5. The number of hydrogen-bond donors (Lipinski definition) is 1. The summed E-state index contributed by atoms with van der Waals surface area (Å²) in [6, 6.07) is 5.83. The molecular weight excluding hydrogens is 332 g/mol. The Bertz CT molecular complexity index is 496. The zero-order valence-corrected chi connectivity index (χ0v) is 15.2. The third kappa shape index (κ3) is 6.06. The molecule has 0 saturated carbocycles. The second-order valence-electron chi connectivity index (χ2n) is 6.35. The minimum absolute atomic E-state index is 0.0185. The Hall–Kier alpha value is -1.07. The lowest BCUT2D eigenvalue weighted by Gasteiger charge is -2.23. The Labute approximate surface area is 136 Å². The van der Waals surface area contributed by atoms with Gasteiger partial charge in [0.2, 0.25) is 0 Å². The molecule has 0 saturated heterocycles. The van der Waals surface area contributed by atoms with Gasteiger partial charge in [0.15, 0.2) is 6.10 Å². The third-order valence-electron chi connectivity index (χ3n) is 2.92. The lowest BCUT2D eigenvalue weighted by Crippen LogP contribution is -2.36. The van der Waals surface area contributed by atoms with Crippen LogP contribution >= 0.6 is 15.9 Å². The number of rotatable bonds is 5. The number of amides is 1. The number of nitrogens with one attached hydrogen (secondary N) is 1. The van der Waals surface area contributed by atoms with Crippen molar-refractivity contribution in [2.45, 2.75) is 45.9 Å². The van der Waals surface area contributed by atoms with Crippen LogP contribution in [0.2, 0.25) is 0 Å². The highest BCUT2D eigenvalue weighted by atomic mass is 79.9. The van der Waals surface area contributed by atoms with Crippen LogP contribution in [-0.4, -0.2) is 36.5 Å². The fraction of sp³-hybridized carbons (Fsp3) is 0.562. The smallest absolute Gasteiger partial charge is 0.262 e. The molecule has 0 aliphatic rings. The highest BCUT2D eigenvalue weighted by molar-refractivity contribution is 9.10. The molecule has 1 atom stereocenters. The summed E-state index contributed by atoms with van der Waals surface area (Å²) >= 11 is 3.48. The van der Waals surface area contributed by atoms with Gasteiger partial charge in [-0.15, -0.1) is 0 Å². The van der Waals surface area contributed by atoms with Crippen molar-refractivity contribution in [2.24, 2.45) is 0 Å². The molecule has 5 heteroatoms. The molecule has 0 spiro atoms. The summed E-state index contributed by atoms with van der Waals surface area (Å²) in [5, 5.41) is 3.43. The lowest BCUT2D eigenvalue weighted by atomic mass is 10.1. The second-order valence-corrected chi connectivity index (χ2v) is 7.26. The molecule has 0 heterocycles. The molecule has 0 aliphatic heterocycles. The molecular formula is C16H25BrN2O2. The van der Waals surface area contributed by atoms with Crippen LogP contribution in [0.1, 0.15) is 33.3 Å². The second kappa shape index (κ2) is 7.27. The molecule has 0 aliphatic carbocycles. The quantitative estimate of drug-likeness (QED) is 0.880. The Kier molecular flexibility index (Phi) is 6.23. The van der Waals surface area contributed by atoms with Crippen LogP contribution in [-0.2, 0) is 11.3 Å². The van der Waals surface area contributed by atoms with Crippen LogP contribution in [0.25, 0.3) is 0 Å². The minimum Gasteiger partial charge on any atom is -0.481 e. The number of carbonyl (C=O) groups excluding carboxylic acids is 1. The van der Waals surface area contributed by atoms with Gasteiger partial charge >= 0.3 is 0 Å². The zero-order chi connectivity index (χ0) is 16.2. The van der Waals surface area contributed by atoms with Crippen LogP contribution < -0.4 is 10.1 Å². The van der Waals surface area contributed by atoms with Crippen molar-refractivity contribution < 1.29 is 9.53 Å². The van der Waals surface area contributed by atoms with E-state index >= 15 is 0 Å². The molecule has 0 fully saturated rings. The minimum atomic E-state index is -0.505. The molecule has 0 radical (unpaired) electrons. The number of benzene rings is 1. The van der Waals surface area contributed by atoms with Gasteiger partial charge < -0.3 is 15.0 Å². The molecule has 0 aromatic heterocycles. The van der Waals surface area contributed by atoms with Gasteiger partial charge in [0, 0.05) is 36.2 Å². The first-order chi connectivity index (χ1) is 9.60. The predicted octanol–water partition coefficient (Wildman–Crippen LogP) is 3.19. The van der Waals surface area contributed by atoms with E-state index in [0.717, 1.165) is 15.8 Å². The number of likely N-dealkylation sites (N-methyl/N-ethyl adjacent to an activating group) is 1. The van der Waals surface area contributed by atoms with E-state index in [1.807, 2.05) is 18.2 Å². The van der Waals surface area contributed by atoms with Gasteiger partial charge in [0.05, 0.1) is 0 Å². The lowest BCUT2D eigenvalue weighted by molar-refractivity contribution is -0.135. The number of nitrogens with zero attached hydrogens (tertiary/aromatic N) is 1. The number of ether oxygens (including phenoxy) is 1. The maximum absolute atomic E-state index is 11.9. The maximum atomic E-state index is 11.9. The molecule has 0 bridgehead atoms. The van der Waals surface area contributed by atoms with Gasteiger partial charge in [-0.05, 0) is 45.9 Å². The number of carbonyl (C=O) groups is 1. The fourth-order valence-corrected chi connectivity index (χ4v) is 2.17. The summed E-state index contributed by atoms with van der Waals surface area (Å²) in [5.41, 5.74) is 1.04. The van der Waals surface area contributed by atoms with Crippen LogP contribution in [0.15, 0.2) is 22.7 Å². The van der Waals surface area contributed by atoms with Gasteiger partial charge in [0.1, 0.15) is 5.75 Å². The molecule has 4 nitrogen and oxygen atoms in total. The topological polar surface area (TPSA) is 41.6 Å². The first-order valence-corrected chi connectivity index (χ1v) is 7.81. The highest BCUT2D eigenvalue weighted by Gasteiger charge is 2.18. The number of hydrogen-bond acceptors (Lipinski definition) is 3. The van der Waals surface area contributed by atoms with E-state index in [2.05, 4.69) is 42.0 Å². The van der Waals surface area contributed by atoms with E-state index in [0.29, 0.717) is 6.54 Å². The normalized spacial score (nSPS) is 12.9. The fourth-order valence-electron chi connectivity index (χ4n) is 1.77. The van der Waals surface area contributed by atoms with Crippen LogP contribution in [0.5, 0.6) is 5.75 Å². The van der Waals surface area contributed by atoms with Crippen molar-refractivity contribution in [3.63, 3.8) is 0 Å². The van der Waals surface area contributed by atoms with E-state index in [9.17, 15) is 4.79 Å². The molecule has 1 unspecified atom stereocenters. The van der Waals surface area contributed by atoms with Crippen LogP contribution in [0.3, 0.4) is 0 Å². The highest BCUT2D eigenvalue weighted by Crippen LogP contribution is 2.25. The van der Waals surface area contributed by atoms with Crippen molar-refractivity contribution in [3.8, 4) is 5.75 Å². The third-order valence-corrected chi connectivity index (χ3v) is 3.42. The largest absolute Gasteiger partial charge is 0.481 e. The Morgan fingerprint density at radius 2 is 2.00 bits per heavy atom. The van der Waals surface area contributed by atoms with E-state index in [1.54, 1.807) is 21.0 Å². The standard InChI is InChI=1S/C16H25BrN2O2/c1-11(15(20)19(5)6)21-14-8-7-13(17)9-12(14)10-18-16(2,3)4/h7-9,11,18H,10H2,1-6H3. The molecule has 1 rings (SSSR count). The van der Waals surface area contributed by atoms with Crippen LogP contribution in [0, 0.1) is 0 Å². The average Bonchev–Trinajstić information content (AvgIpc) is 2.36. The van der Waals surface area contributed by atoms with E-state index < -0.39 is 6.10 Å². The molecule has 1 aromatic rings. The van der Waals surface area contributed by atoms with Crippen molar-refractivity contribution >= 4 is 21.8 Å². The van der Waals surface area contributed by atoms with Gasteiger partial charge in [0.25, 0.3) is 5.91 Å². The van der Waals surface area contributed by atoms with E-state index in [-0.39, 0.29) is 11.4 Å². The zero-order valence-electron chi connectivity index (χ0n) is 13.7.